The summed E-state index contributed by atoms with van der Waals surface area (Å²) >= 11 is 0. The fourth-order valence-electron chi connectivity index (χ4n) is 3.41. The second-order valence-corrected chi connectivity index (χ2v) is 8.60. The van der Waals surface area contributed by atoms with Crippen molar-refractivity contribution < 1.29 is 9.28 Å². The van der Waals surface area contributed by atoms with Crippen LogP contribution in [0.15, 0.2) is 42.6 Å². The molecule has 0 bridgehead atoms. The number of unbranched alkanes of at least 4 members (excludes halogenated alkanes) is 9. The van der Waals surface area contributed by atoms with Crippen LogP contribution in [0.3, 0.4) is 0 Å². The highest BCUT2D eigenvalue weighted by atomic mass is 16.1. The van der Waals surface area contributed by atoms with Crippen LogP contribution in [0.4, 0.5) is 0 Å². The Balaban J connectivity index is 2.12. The molecule has 1 rings (SSSR count). The van der Waals surface area contributed by atoms with Crippen molar-refractivity contribution in [1.82, 2.24) is 5.32 Å². The number of amides is 1. The van der Waals surface area contributed by atoms with Crippen molar-refractivity contribution in [1.29, 1.82) is 0 Å². The minimum Gasteiger partial charge on any atom is -0.352 e. The molecule has 0 spiro atoms. The van der Waals surface area contributed by atoms with Crippen molar-refractivity contribution in [3.63, 3.8) is 0 Å². The standard InChI is InChI=1S/C25H42N2O/c1-5-6-7-8-9-10-11-12-13-17-20-27(3,4)23(2)21-25(28)26-22-24-18-15-14-16-19-24/h14-16,18-19H,2,5-13,17,20-22H2,1,3-4H3/p+1. The monoisotopic (exact) mass is 387 g/mol. The molecule has 3 nitrogen and oxygen atoms in total. The Morgan fingerprint density at radius 2 is 1.43 bits per heavy atom. The Labute approximate surface area is 173 Å². The topological polar surface area (TPSA) is 29.1 Å². The quantitative estimate of drug-likeness (QED) is 0.265. The summed E-state index contributed by atoms with van der Waals surface area (Å²) in [7, 11) is 4.33. The Hall–Kier alpha value is -1.61. The van der Waals surface area contributed by atoms with Gasteiger partial charge in [0, 0.05) is 6.54 Å². The van der Waals surface area contributed by atoms with E-state index in [1.807, 2.05) is 30.3 Å². The first kappa shape index (κ1) is 24.4. The van der Waals surface area contributed by atoms with E-state index < -0.39 is 0 Å². The molecule has 0 aromatic heterocycles. The first-order valence-electron chi connectivity index (χ1n) is 11.3. The van der Waals surface area contributed by atoms with Gasteiger partial charge in [-0.2, -0.15) is 0 Å². The molecule has 1 amide bonds. The van der Waals surface area contributed by atoms with Crippen molar-refractivity contribution in [3.05, 3.63) is 48.2 Å². The second kappa shape index (κ2) is 14.4. The van der Waals surface area contributed by atoms with Crippen molar-refractivity contribution in [2.75, 3.05) is 20.6 Å². The molecule has 0 fully saturated rings. The zero-order valence-corrected chi connectivity index (χ0v) is 18.6. The summed E-state index contributed by atoms with van der Waals surface area (Å²) in [6.07, 6.45) is 13.9. The minimum atomic E-state index is 0.0585. The molecule has 158 valence electrons. The van der Waals surface area contributed by atoms with Crippen LogP contribution in [-0.2, 0) is 11.3 Å². The Kier molecular flexibility index (Phi) is 12.6. The van der Waals surface area contributed by atoms with Gasteiger partial charge >= 0.3 is 0 Å². The van der Waals surface area contributed by atoms with Crippen LogP contribution >= 0.6 is 0 Å². The average molecular weight is 388 g/mol. The van der Waals surface area contributed by atoms with Crippen LogP contribution in [-0.4, -0.2) is 31.0 Å². The molecule has 28 heavy (non-hydrogen) atoms. The van der Waals surface area contributed by atoms with Crippen molar-refractivity contribution >= 4 is 5.91 Å². The number of nitrogens with zero attached hydrogens (tertiary/aromatic N) is 1. The maximum Gasteiger partial charge on any atom is 0.230 e. The minimum absolute atomic E-state index is 0.0585. The zero-order chi connectivity index (χ0) is 20.7. The van der Waals surface area contributed by atoms with Crippen LogP contribution in [0.1, 0.15) is 83.1 Å². The molecule has 1 N–H and O–H groups in total. The maximum absolute atomic E-state index is 12.2. The van der Waals surface area contributed by atoms with Gasteiger partial charge in [0.05, 0.1) is 20.6 Å². The van der Waals surface area contributed by atoms with Gasteiger partial charge < -0.3 is 5.32 Å². The lowest BCUT2D eigenvalue weighted by Crippen LogP contribution is -2.40. The predicted octanol–water partition coefficient (Wildman–Crippen LogP) is 6.20. The SMILES string of the molecule is C=C(CC(=O)NCc1ccccc1)[N+](C)(C)CCCCCCCCCCCC. The van der Waals surface area contributed by atoms with E-state index >= 15 is 0 Å². The average Bonchev–Trinajstić information content (AvgIpc) is 2.68. The van der Waals surface area contributed by atoms with Crippen LogP contribution in [0.25, 0.3) is 0 Å². The highest BCUT2D eigenvalue weighted by molar-refractivity contribution is 5.77. The van der Waals surface area contributed by atoms with Gasteiger partial charge in [0.2, 0.25) is 5.91 Å². The molecular weight excluding hydrogens is 344 g/mol. The number of quaternary nitrogens is 1. The molecule has 3 heteroatoms. The molecule has 0 aliphatic rings. The molecule has 0 heterocycles. The third-order valence-corrected chi connectivity index (χ3v) is 5.62. The largest absolute Gasteiger partial charge is 0.352 e. The molecule has 0 atom stereocenters. The van der Waals surface area contributed by atoms with Crippen molar-refractivity contribution in [3.8, 4) is 0 Å². The van der Waals surface area contributed by atoms with Crippen molar-refractivity contribution in [2.45, 2.75) is 84.1 Å². The van der Waals surface area contributed by atoms with Crippen LogP contribution < -0.4 is 5.32 Å². The Morgan fingerprint density at radius 3 is 2.00 bits per heavy atom. The third kappa shape index (κ3) is 11.3. The van der Waals surface area contributed by atoms with Gasteiger partial charge in [-0.15, -0.1) is 0 Å². The van der Waals surface area contributed by atoms with E-state index in [2.05, 4.69) is 32.9 Å². The molecule has 0 aliphatic carbocycles. The molecule has 1 aromatic rings. The summed E-state index contributed by atoms with van der Waals surface area (Å²) in [4.78, 5) is 12.2. The predicted molar refractivity (Wildman–Crippen MR) is 121 cm³/mol. The first-order chi connectivity index (χ1) is 13.5. The normalized spacial score (nSPS) is 11.4. The van der Waals surface area contributed by atoms with Crippen LogP contribution in [0.5, 0.6) is 0 Å². The lowest BCUT2D eigenvalue weighted by molar-refractivity contribution is -0.853. The first-order valence-corrected chi connectivity index (χ1v) is 11.3. The number of benzene rings is 1. The van der Waals surface area contributed by atoms with E-state index in [-0.39, 0.29) is 5.91 Å². The summed E-state index contributed by atoms with van der Waals surface area (Å²) < 4.78 is 0.732. The summed E-state index contributed by atoms with van der Waals surface area (Å²) in [6, 6.07) is 10.0. The van der Waals surface area contributed by atoms with E-state index in [0.29, 0.717) is 13.0 Å². The fraction of sp³-hybridized carbons (Fsp3) is 0.640. The molecule has 0 unspecified atom stereocenters. The van der Waals surface area contributed by atoms with Gasteiger partial charge in [-0.25, -0.2) is 0 Å². The fourth-order valence-corrected chi connectivity index (χ4v) is 3.41. The van der Waals surface area contributed by atoms with Crippen LogP contribution in [0, 0.1) is 0 Å². The molecular formula is C25H43N2O+. The van der Waals surface area contributed by atoms with E-state index in [0.717, 1.165) is 22.3 Å². The van der Waals surface area contributed by atoms with E-state index in [4.69, 9.17) is 0 Å². The molecule has 1 aromatic carbocycles. The number of nitrogens with one attached hydrogen (secondary N) is 1. The lowest BCUT2D eigenvalue weighted by atomic mass is 10.1. The molecule has 0 saturated heterocycles. The maximum atomic E-state index is 12.2. The van der Waals surface area contributed by atoms with Gasteiger partial charge in [-0.1, -0.05) is 88.6 Å². The van der Waals surface area contributed by atoms with E-state index in [1.54, 1.807) is 0 Å². The summed E-state index contributed by atoms with van der Waals surface area (Å²) in [5, 5.41) is 3.00. The molecule has 0 aliphatic heterocycles. The number of hydrogen-bond donors (Lipinski definition) is 1. The summed E-state index contributed by atoms with van der Waals surface area (Å²) in [6.45, 7) is 8.11. The van der Waals surface area contributed by atoms with Crippen LogP contribution in [0.2, 0.25) is 0 Å². The van der Waals surface area contributed by atoms with E-state index in [1.165, 1.54) is 64.2 Å². The van der Waals surface area contributed by atoms with Gasteiger partial charge in [0.1, 0.15) is 12.1 Å². The number of carbonyl (C=O) groups is 1. The van der Waals surface area contributed by atoms with Gasteiger partial charge in [-0.3, -0.25) is 9.28 Å². The van der Waals surface area contributed by atoms with Crippen molar-refractivity contribution in [2.24, 2.45) is 0 Å². The smallest absolute Gasteiger partial charge is 0.230 e. The number of hydrogen-bond acceptors (Lipinski definition) is 1. The zero-order valence-electron chi connectivity index (χ0n) is 18.6. The summed E-state index contributed by atoms with van der Waals surface area (Å²) in [5.41, 5.74) is 2.11. The number of carbonyl (C=O) groups excluding carboxylic acids is 1. The third-order valence-electron chi connectivity index (χ3n) is 5.62. The molecule has 0 radical (unpaired) electrons. The van der Waals surface area contributed by atoms with Gasteiger partial charge in [-0.05, 0) is 25.0 Å². The highest BCUT2D eigenvalue weighted by Crippen LogP contribution is 2.17. The number of rotatable bonds is 16. The summed E-state index contributed by atoms with van der Waals surface area (Å²) in [5.74, 6) is 0.0585. The second-order valence-electron chi connectivity index (χ2n) is 8.60. The van der Waals surface area contributed by atoms with Gasteiger partial charge in [0.25, 0.3) is 0 Å². The van der Waals surface area contributed by atoms with Gasteiger partial charge in [0.15, 0.2) is 0 Å². The lowest BCUT2D eigenvalue weighted by Gasteiger charge is -2.31. The highest BCUT2D eigenvalue weighted by Gasteiger charge is 2.22. The van der Waals surface area contributed by atoms with E-state index in [9.17, 15) is 4.79 Å². The Bertz CT molecular complexity index is 551. The Morgan fingerprint density at radius 1 is 0.893 bits per heavy atom. The molecule has 0 saturated carbocycles.